The van der Waals surface area contributed by atoms with Crippen LogP contribution in [0.15, 0.2) is 30.7 Å². The van der Waals surface area contributed by atoms with Crippen LogP contribution in [0.1, 0.15) is 11.3 Å². The molecule has 0 bridgehead atoms. The second-order valence-corrected chi connectivity index (χ2v) is 2.94. The fourth-order valence-corrected chi connectivity index (χ4v) is 1.10. The molecule has 4 heteroatoms. The van der Waals surface area contributed by atoms with Gasteiger partial charge in [0.05, 0.1) is 6.20 Å². The molecule has 0 amide bonds. The highest BCUT2D eigenvalue weighted by atomic mass is 15.4. The van der Waals surface area contributed by atoms with Crippen LogP contribution in [-0.2, 0) is 7.05 Å². The summed E-state index contributed by atoms with van der Waals surface area (Å²) in [4.78, 5) is 4.01. The highest BCUT2D eigenvalue weighted by molar-refractivity contribution is 5.66. The van der Waals surface area contributed by atoms with E-state index in [4.69, 9.17) is 0 Å². The molecule has 0 aliphatic rings. The van der Waals surface area contributed by atoms with Gasteiger partial charge in [0, 0.05) is 19.4 Å². The lowest BCUT2D eigenvalue weighted by Gasteiger charge is -1.88. The molecule has 4 nitrogen and oxygen atoms in total. The third kappa shape index (κ3) is 2.04. The smallest absolute Gasteiger partial charge is 0.105 e. The van der Waals surface area contributed by atoms with Crippen LogP contribution >= 0.6 is 0 Å². The normalized spacial score (nSPS) is 10.9. The van der Waals surface area contributed by atoms with E-state index in [1.165, 1.54) is 0 Å². The van der Waals surface area contributed by atoms with Crippen LogP contribution in [0.25, 0.3) is 12.2 Å². The number of hydrogen-bond acceptors (Lipinski definition) is 3. The number of hydrogen-bond donors (Lipinski definition) is 0. The van der Waals surface area contributed by atoms with Gasteiger partial charge in [-0.3, -0.25) is 9.67 Å². The van der Waals surface area contributed by atoms with Crippen LogP contribution in [0.5, 0.6) is 0 Å². The molecule has 14 heavy (non-hydrogen) atoms. The molecule has 0 spiro atoms. The number of aryl methyl sites for hydroxylation is 1. The summed E-state index contributed by atoms with van der Waals surface area (Å²) in [5.74, 6) is 0. The van der Waals surface area contributed by atoms with Crippen LogP contribution in [-0.4, -0.2) is 20.0 Å². The lowest BCUT2D eigenvalue weighted by molar-refractivity contribution is 0.714. The van der Waals surface area contributed by atoms with E-state index in [1.807, 2.05) is 37.5 Å². The second-order valence-electron chi connectivity index (χ2n) is 2.94. The average Bonchev–Trinajstić information content (AvgIpc) is 2.63. The summed E-state index contributed by atoms with van der Waals surface area (Å²) >= 11 is 0. The standard InChI is InChI=1S/C10H10N4/c1-14-8-10(12-13-14)5-4-9-3-2-6-11-7-9/h2-8H,1H3/b5-4+. The van der Waals surface area contributed by atoms with Gasteiger partial charge in [0.1, 0.15) is 5.69 Å². The van der Waals surface area contributed by atoms with Gasteiger partial charge in [0.25, 0.3) is 0 Å². The number of pyridine rings is 1. The zero-order chi connectivity index (χ0) is 9.80. The van der Waals surface area contributed by atoms with Gasteiger partial charge >= 0.3 is 0 Å². The summed E-state index contributed by atoms with van der Waals surface area (Å²) in [5, 5.41) is 7.77. The van der Waals surface area contributed by atoms with Gasteiger partial charge < -0.3 is 0 Å². The Hall–Kier alpha value is -1.97. The molecule has 0 unspecified atom stereocenters. The van der Waals surface area contributed by atoms with Gasteiger partial charge in [-0.2, -0.15) is 0 Å². The molecule has 0 N–H and O–H groups in total. The minimum Gasteiger partial charge on any atom is -0.264 e. The third-order valence-corrected chi connectivity index (χ3v) is 1.75. The molecule has 70 valence electrons. The Labute approximate surface area is 81.9 Å². The molecule has 0 aliphatic carbocycles. The number of aromatic nitrogens is 4. The molecule has 2 rings (SSSR count). The van der Waals surface area contributed by atoms with E-state index >= 15 is 0 Å². The van der Waals surface area contributed by atoms with Gasteiger partial charge in [-0.05, 0) is 17.7 Å². The Bertz CT molecular complexity index is 430. The zero-order valence-electron chi connectivity index (χ0n) is 7.83. The molecule has 0 aromatic carbocycles. The zero-order valence-corrected chi connectivity index (χ0v) is 7.83. The summed E-state index contributed by atoms with van der Waals surface area (Å²) in [6.07, 6.45) is 9.26. The monoisotopic (exact) mass is 186 g/mol. The van der Waals surface area contributed by atoms with Crippen LogP contribution in [0.4, 0.5) is 0 Å². The Kier molecular flexibility index (Phi) is 2.36. The van der Waals surface area contributed by atoms with Gasteiger partial charge in [0.2, 0.25) is 0 Å². The number of rotatable bonds is 2. The van der Waals surface area contributed by atoms with Crippen molar-refractivity contribution in [1.29, 1.82) is 0 Å². The lowest BCUT2D eigenvalue weighted by atomic mass is 10.2. The van der Waals surface area contributed by atoms with Crippen molar-refractivity contribution in [2.24, 2.45) is 7.05 Å². The van der Waals surface area contributed by atoms with Crippen molar-refractivity contribution in [3.63, 3.8) is 0 Å². The molecule has 0 radical (unpaired) electrons. The third-order valence-electron chi connectivity index (χ3n) is 1.75. The van der Waals surface area contributed by atoms with Crippen molar-refractivity contribution in [2.75, 3.05) is 0 Å². The van der Waals surface area contributed by atoms with E-state index < -0.39 is 0 Å². The van der Waals surface area contributed by atoms with Crippen LogP contribution < -0.4 is 0 Å². The molecule has 0 atom stereocenters. The molecule has 0 aliphatic heterocycles. The second kappa shape index (κ2) is 3.83. The average molecular weight is 186 g/mol. The minimum atomic E-state index is 0.844. The first kappa shape index (κ1) is 8.62. The molecular formula is C10H10N4. The van der Waals surface area contributed by atoms with Crippen molar-refractivity contribution in [3.05, 3.63) is 42.0 Å². The Morgan fingerprint density at radius 3 is 2.93 bits per heavy atom. The van der Waals surface area contributed by atoms with Gasteiger partial charge in [-0.25, -0.2) is 0 Å². The topological polar surface area (TPSA) is 43.6 Å². The van der Waals surface area contributed by atoms with Crippen molar-refractivity contribution in [2.45, 2.75) is 0 Å². The quantitative estimate of drug-likeness (QED) is 0.711. The first-order chi connectivity index (χ1) is 6.84. The summed E-state index contributed by atoms with van der Waals surface area (Å²) in [7, 11) is 1.84. The lowest BCUT2D eigenvalue weighted by Crippen LogP contribution is -1.85. The molecule has 2 aromatic heterocycles. The maximum Gasteiger partial charge on any atom is 0.105 e. The molecule has 2 heterocycles. The predicted octanol–water partition coefficient (Wildman–Crippen LogP) is 1.38. The van der Waals surface area contributed by atoms with Gasteiger partial charge in [0.15, 0.2) is 0 Å². The van der Waals surface area contributed by atoms with Crippen LogP contribution in [0.3, 0.4) is 0 Å². The van der Waals surface area contributed by atoms with Crippen molar-refractivity contribution in [1.82, 2.24) is 20.0 Å². The summed E-state index contributed by atoms with van der Waals surface area (Å²) in [6.45, 7) is 0. The van der Waals surface area contributed by atoms with Gasteiger partial charge in [-0.15, -0.1) is 5.10 Å². The minimum absolute atomic E-state index is 0.844. The summed E-state index contributed by atoms with van der Waals surface area (Å²) in [6, 6.07) is 3.89. The maximum atomic E-state index is 4.01. The molecule has 2 aromatic rings. The Morgan fingerprint density at radius 1 is 1.36 bits per heavy atom. The highest BCUT2D eigenvalue weighted by Gasteiger charge is 1.91. The Balaban J connectivity index is 2.15. The van der Waals surface area contributed by atoms with E-state index in [0.29, 0.717) is 0 Å². The van der Waals surface area contributed by atoms with E-state index in [-0.39, 0.29) is 0 Å². The largest absolute Gasteiger partial charge is 0.264 e. The number of nitrogens with zero attached hydrogens (tertiary/aromatic N) is 4. The highest BCUT2D eigenvalue weighted by Crippen LogP contribution is 2.03. The maximum absolute atomic E-state index is 4.01. The molecule has 0 saturated carbocycles. The van der Waals surface area contributed by atoms with Crippen LogP contribution in [0.2, 0.25) is 0 Å². The van der Waals surface area contributed by atoms with E-state index in [0.717, 1.165) is 11.3 Å². The summed E-state index contributed by atoms with van der Waals surface area (Å²) in [5.41, 5.74) is 1.90. The fourth-order valence-electron chi connectivity index (χ4n) is 1.10. The first-order valence-electron chi connectivity index (χ1n) is 4.29. The van der Waals surface area contributed by atoms with E-state index in [9.17, 15) is 0 Å². The van der Waals surface area contributed by atoms with Crippen molar-refractivity contribution in [3.8, 4) is 0 Å². The Morgan fingerprint density at radius 2 is 2.29 bits per heavy atom. The molecule has 0 fully saturated rings. The first-order valence-corrected chi connectivity index (χ1v) is 4.29. The van der Waals surface area contributed by atoms with Crippen LogP contribution in [0, 0.1) is 0 Å². The SMILES string of the molecule is Cn1cc(/C=C/c2cccnc2)nn1. The fraction of sp³-hybridized carbons (Fsp3) is 0.100. The molecular weight excluding hydrogens is 176 g/mol. The van der Waals surface area contributed by atoms with Crippen molar-refractivity contribution >= 4 is 12.2 Å². The summed E-state index contributed by atoms with van der Waals surface area (Å²) < 4.78 is 1.67. The molecule has 0 saturated heterocycles. The van der Waals surface area contributed by atoms with E-state index in [1.54, 1.807) is 17.1 Å². The predicted molar refractivity (Wildman–Crippen MR) is 54.2 cm³/mol. The van der Waals surface area contributed by atoms with E-state index in [2.05, 4.69) is 15.3 Å². The van der Waals surface area contributed by atoms with Crippen molar-refractivity contribution < 1.29 is 0 Å². The van der Waals surface area contributed by atoms with Gasteiger partial charge in [-0.1, -0.05) is 17.4 Å².